The van der Waals surface area contributed by atoms with Crippen LogP contribution in [0.15, 0.2) is 60.9 Å². The maximum atomic E-state index is 11.2. The van der Waals surface area contributed by atoms with E-state index in [9.17, 15) is 9.90 Å². The van der Waals surface area contributed by atoms with E-state index in [2.05, 4.69) is 55.2 Å². The average Bonchev–Trinajstić information content (AvgIpc) is 3.09. The van der Waals surface area contributed by atoms with Crippen molar-refractivity contribution in [1.29, 1.82) is 0 Å². The Balaban J connectivity index is 1.91. The summed E-state index contributed by atoms with van der Waals surface area (Å²) < 4.78 is 2.04. The second-order valence-electron chi connectivity index (χ2n) is 6.65. The van der Waals surface area contributed by atoms with Gasteiger partial charge in [-0.05, 0) is 50.3 Å². The fourth-order valence-corrected chi connectivity index (χ4v) is 2.93. The third-order valence-corrected chi connectivity index (χ3v) is 4.64. The number of carboxylic acids is 1. The Morgan fingerprint density at radius 2 is 1.96 bits per heavy atom. The summed E-state index contributed by atoms with van der Waals surface area (Å²) in [6, 6.07) is 15.7. The van der Waals surface area contributed by atoms with Gasteiger partial charge in [0.05, 0.1) is 5.56 Å². The summed E-state index contributed by atoms with van der Waals surface area (Å²) in [5.74, 6) is -0.0402. The SMILES string of the molecule is C[C@H](c1cccc(-c2nccn2Cc2cccc(C(=O)O)c2)c1)N(C)C. The van der Waals surface area contributed by atoms with Crippen molar-refractivity contribution in [3.63, 3.8) is 0 Å². The van der Waals surface area contributed by atoms with Gasteiger partial charge in [-0.3, -0.25) is 0 Å². The minimum atomic E-state index is -0.914. The molecule has 26 heavy (non-hydrogen) atoms. The van der Waals surface area contributed by atoms with Crippen molar-refractivity contribution in [2.75, 3.05) is 14.1 Å². The van der Waals surface area contributed by atoms with Gasteiger partial charge in [0, 0.05) is 30.5 Å². The number of carbonyl (C=O) groups is 1. The lowest BCUT2D eigenvalue weighted by atomic mass is 10.0. The number of rotatable bonds is 6. The molecule has 0 aliphatic rings. The molecule has 3 rings (SSSR count). The highest BCUT2D eigenvalue weighted by molar-refractivity contribution is 5.87. The Bertz CT molecular complexity index is 915. The van der Waals surface area contributed by atoms with Crippen LogP contribution in [0.3, 0.4) is 0 Å². The zero-order valence-corrected chi connectivity index (χ0v) is 15.3. The third kappa shape index (κ3) is 3.83. The molecule has 1 aromatic heterocycles. The molecule has 0 radical (unpaired) electrons. The maximum absolute atomic E-state index is 11.2. The number of hydrogen-bond donors (Lipinski definition) is 1. The molecule has 1 heterocycles. The quantitative estimate of drug-likeness (QED) is 0.733. The van der Waals surface area contributed by atoms with Gasteiger partial charge in [-0.25, -0.2) is 9.78 Å². The van der Waals surface area contributed by atoms with Crippen molar-refractivity contribution in [1.82, 2.24) is 14.5 Å². The largest absolute Gasteiger partial charge is 0.478 e. The van der Waals surface area contributed by atoms with Crippen LogP contribution >= 0.6 is 0 Å². The molecule has 0 saturated carbocycles. The zero-order chi connectivity index (χ0) is 18.7. The van der Waals surface area contributed by atoms with E-state index in [1.54, 1.807) is 24.4 Å². The topological polar surface area (TPSA) is 58.4 Å². The molecule has 0 aliphatic heterocycles. The van der Waals surface area contributed by atoms with Gasteiger partial charge in [-0.15, -0.1) is 0 Å². The summed E-state index contributed by atoms with van der Waals surface area (Å²) in [7, 11) is 4.13. The van der Waals surface area contributed by atoms with E-state index in [1.807, 2.05) is 16.8 Å². The van der Waals surface area contributed by atoms with Crippen LogP contribution in [0.1, 0.15) is 34.5 Å². The Morgan fingerprint density at radius 3 is 2.69 bits per heavy atom. The van der Waals surface area contributed by atoms with Gasteiger partial charge in [0.1, 0.15) is 5.82 Å². The fraction of sp³-hybridized carbons (Fsp3) is 0.238. The van der Waals surface area contributed by atoms with Gasteiger partial charge in [0.2, 0.25) is 0 Å². The standard InChI is InChI=1S/C21H23N3O2/c1-15(23(2)3)17-7-5-8-18(13-17)20-22-10-11-24(20)14-16-6-4-9-19(12-16)21(25)26/h4-13,15H,14H2,1-3H3,(H,25,26)/t15-/m1/s1. The second kappa shape index (κ2) is 7.54. The van der Waals surface area contributed by atoms with Crippen molar-refractivity contribution >= 4 is 5.97 Å². The lowest BCUT2D eigenvalue weighted by Gasteiger charge is -2.20. The molecular formula is C21H23N3O2. The molecule has 0 unspecified atom stereocenters. The maximum Gasteiger partial charge on any atom is 0.335 e. The van der Waals surface area contributed by atoms with Crippen molar-refractivity contribution < 1.29 is 9.90 Å². The number of nitrogens with zero attached hydrogens (tertiary/aromatic N) is 3. The van der Waals surface area contributed by atoms with Crippen LogP contribution in [-0.2, 0) is 6.54 Å². The number of carboxylic acid groups (broad SMARTS) is 1. The van der Waals surface area contributed by atoms with Gasteiger partial charge < -0.3 is 14.6 Å². The second-order valence-corrected chi connectivity index (χ2v) is 6.65. The first kappa shape index (κ1) is 17.9. The average molecular weight is 349 g/mol. The summed E-state index contributed by atoms with van der Waals surface area (Å²) in [4.78, 5) is 17.9. The van der Waals surface area contributed by atoms with E-state index in [1.165, 1.54) is 5.56 Å². The molecule has 134 valence electrons. The van der Waals surface area contributed by atoms with Crippen LogP contribution in [0.2, 0.25) is 0 Å². The number of hydrogen-bond acceptors (Lipinski definition) is 3. The highest BCUT2D eigenvalue weighted by atomic mass is 16.4. The molecule has 5 heteroatoms. The highest BCUT2D eigenvalue weighted by Gasteiger charge is 2.12. The summed E-state index contributed by atoms with van der Waals surface area (Å²) in [6.07, 6.45) is 3.70. The minimum Gasteiger partial charge on any atom is -0.478 e. The van der Waals surface area contributed by atoms with Gasteiger partial charge >= 0.3 is 5.97 Å². The van der Waals surface area contributed by atoms with E-state index in [0.29, 0.717) is 18.2 Å². The predicted octanol–water partition coefficient (Wildman–Crippen LogP) is 3.92. The number of aromatic carboxylic acids is 1. The van der Waals surface area contributed by atoms with Gasteiger partial charge in [0.25, 0.3) is 0 Å². The molecule has 0 fully saturated rings. The molecule has 0 amide bonds. The first-order chi connectivity index (χ1) is 12.5. The van der Waals surface area contributed by atoms with Gasteiger partial charge in [-0.1, -0.05) is 30.3 Å². The normalized spacial score (nSPS) is 12.3. The van der Waals surface area contributed by atoms with Crippen LogP contribution < -0.4 is 0 Å². The van der Waals surface area contributed by atoms with Crippen LogP contribution in [-0.4, -0.2) is 39.6 Å². The molecule has 0 aliphatic carbocycles. The Hall–Kier alpha value is -2.92. The molecule has 1 N–H and O–H groups in total. The van der Waals surface area contributed by atoms with E-state index >= 15 is 0 Å². The van der Waals surface area contributed by atoms with Crippen molar-refractivity contribution in [2.45, 2.75) is 19.5 Å². The zero-order valence-electron chi connectivity index (χ0n) is 15.3. The Labute approximate surface area is 153 Å². The number of benzene rings is 2. The summed E-state index contributed by atoms with van der Waals surface area (Å²) >= 11 is 0. The predicted molar refractivity (Wildman–Crippen MR) is 102 cm³/mol. The van der Waals surface area contributed by atoms with Crippen molar-refractivity contribution in [3.8, 4) is 11.4 Å². The lowest BCUT2D eigenvalue weighted by molar-refractivity contribution is 0.0696. The van der Waals surface area contributed by atoms with Gasteiger partial charge in [0.15, 0.2) is 0 Å². The molecule has 0 bridgehead atoms. The summed E-state index contributed by atoms with van der Waals surface area (Å²) in [5, 5.41) is 9.17. The summed E-state index contributed by atoms with van der Waals surface area (Å²) in [6.45, 7) is 2.74. The van der Waals surface area contributed by atoms with Crippen LogP contribution in [0.4, 0.5) is 0 Å². The van der Waals surface area contributed by atoms with E-state index < -0.39 is 5.97 Å². The molecule has 5 nitrogen and oxygen atoms in total. The minimum absolute atomic E-state index is 0.297. The van der Waals surface area contributed by atoms with Crippen molar-refractivity contribution in [2.24, 2.45) is 0 Å². The molecule has 1 atom stereocenters. The van der Waals surface area contributed by atoms with E-state index in [-0.39, 0.29) is 0 Å². The Morgan fingerprint density at radius 1 is 1.19 bits per heavy atom. The molecule has 2 aromatic carbocycles. The van der Waals surface area contributed by atoms with Crippen molar-refractivity contribution in [3.05, 3.63) is 77.6 Å². The smallest absolute Gasteiger partial charge is 0.335 e. The van der Waals surface area contributed by atoms with Gasteiger partial charge in [-0.2, -0.15) is 0 Å². The summed E-state index contributed by atoms with van der Waals surface area (Å²) in [5.41, 5.74) is 3.51. The first-order valence-electron chi connectivity index (χ1n) is 8.56. The number of imidazole rings is 1. The Kier molecular flexibility index (Phi) is 5.19. The molecular weight excluding hydrogens is 326 g/mol. The first-order valence-corrected chi connectivity index (χ1v) is 8.56. The monoisotopic (exact) mass is 349 g/mol. The van der Waals surface area contributed by atoms with E-state index in [4.69, 9.17) is 0 Å². The van der Waals surface area contributed by atoms with Crippen LogP contribution in [0.25, 0.3) is 11.4 Å². The van der Waals surface area contributed by atoms with E-state index in [0.717, 1.165) is 17.0 Å². The number of aromatic nitrogens is 2. The lowest BCUT2D eigenvalue weighted by Crippen LogP contribution is -2.16. The fourth-order valence-electron chi connectivity index (χ4n) is 2.93. The molecule has 0 saturated heterocycles. The third-order valence-electron chi connectivity index (χ3n) is 4.64. The highest BCUT2D eigenvalue weighted by Crippen LogP contribution is 2.24. The van der Waals surface area contributed by atoms with Crippen LogP contribution in [0.5, 0.6) is 0 Å². The molecule has 0 spiro atoms. The molecule has 3 aromatic rings. The van der Waals surface area contributed by atoms with Crippen LogP contribution in [0, 0.1) is 0 Å².